The van der Waals surface area contributed by atoms with E-state index in [4.69, 9.17) is 9.47 Å². The Balaban J connectivity index is 1.31. The summed E-state index contributed by atoms with van der Waals surface area (Å²) in [6, 6.07) is 3.83. The number of hydrogen-bond acceptors (Lipinski definition) is 7. The molecule has 2 aliphatic rings. The van der Waals surface area contributed by atoms with Crippen LogP contribution in [-0.4, -0.2) is 47.1 Å². The second-order valence-electron chi connectivity index (χ2n) is 6.18. The Morgan fingerprint density at radius 1 is 1.43 bits per heavy atom. The van der Waals surface area contributed by atoms with Crippen LogP contribution in [0.3, 0.4) is 0 Å². The molecule has 0 aromatic carbocycles. The summed E-state index contributed by atoms with van der Waals surface area (Å²) in [5, 5.41) is 10.3. The Labute approximate surface area is 139 Å². The summed E-state index contributed by atoms with van der Waals surface area (Å²) in [4.78, 5) is 6.34. The summed E-state index contributed by atoms with van der Waals surface area (Å²) in [6.07, 6.45) is 5.63. The molecular formula is C16H20N4O2S. The zero-order valence-electron chi connectivity index (χ0n) is 13.1. The topological polar surface area (TPSA) is 60.4 Å². The quantitative estimate of drug-likeness (QED) is 0.837. The highest BCUT2D eigenvalue weighted by atomic mass is 32.1. The third-order valence-corrected chi connectivity index (χ3v) is 5.57. The molecule has 2 saturated heterocycles. The van der Waals surface area contributed by atoms with Crippen LogP contribution in [0.25, 0.3) is 0 Å². The normalized spacial score (nSPS) is 22.3. The molecule has 1 spiro atoms. The summed E-state index contributed by atoms with van der Waals surface area (Å²) >= 11 is 1.65. The highest BCUT2D eigenvalue weighted by Gasteiger charge is 2.53. The van der Waals surface area contributed by atoms with E-state index in [1.807, 2.05) is 19.1 Å². The molecule has 2 aliphatic heterocycles. The molecule has 1 unspecified atom stereocenters. The van der Waals surface area contributed by atoms with Crippen molar-refractivity contribution >= 4 is 16.5 Å². The Hall–Kier alpha value is -1.73. The first-order valence-electron chi connectivity index (χ1n) is 7.97. The van der Waals surface area contributed by atoms with Gasteiger partial charge in [-0.2, -0.15) is 0 Å². The zero-order chi connectivity index (χ0) is 15.7. The molecule has 4 heterocycles. The predicted octanol–water partition coefficient (Wildman–Crippen LogP) is 2.31. The van der Waals surface area contributed by atoms with Crippen molar-refractivity contribution in [3.05, 3.63) is 29.5 Å². The lowest BCUT2D eigenvalue weighted by atomic mass is 9.79. The van der Waals surface area contributed by atoms with E-state index >= 15 is 0 Å². The number of pyridine rings is 1. The minimum absolute atomic E-state index is 0.0160. The van der Waals surface area contributed by atoms with Gasteiger partial charge in [0, 0.05) is 12.8 Å². The van der Waals surface area contributed by atoms with Crippen LogP contribution in [0.4, 0.5) is 5.13 Å². The number of aromatic nitrogens is 3. The van der Waals surface area contributed by atoms with Crippen molar-refractivity contribution < 1.29 is 9.47 Å². The fourth-order valence-electron chi connectivity index (χ4n) is 3.44. The lowest BCUT2D eigenvalue weighted by Gasteiger charge is -2.50. The Bertz CT molecular complexity index is 657. The van der Waals surface area contributed by atoms with Crippen molar-refractivity contribution in [2.24, 2.45) is 5.92 Å². The fourth-order valence-corrected chi connectivity index (χ4v) is 4.13. The van der Waals surface area contributed by atoms with Gasteiger partial charge in [0.15, 0.2) is 0 Å². The number of anilines is 1. The van der Waals surface area contributed by atoms with Gasteiger partial charge in [0.25, 0.3) is 0 Å². The van der Waals surface area contributed by atoms with E-state index in [0.29, 0.717) is 12.5 Å². The van der Waals surface area contributed by atoms with E-state index < -0.39 is 0 Å². The van der Waals surface area contributed by atoms with Gasteiger partial charge < -0.3 is 14.4 Å². The summed E-state index contributed by atoms with van der Waals surface area (Å²) in [7, 11) is 0. The predicted molar refractivity (Wildman–Crippen MR) is 88.0 cm³/mol. The van der Waals surface area contributed by atoms with Crippen molar-refractivity contribution in [2.75, 3.05) is 31.2 Å². The summed E-state index contributed by atoms with van der Waals surface area (Å²) in [6.45, 7) is 5.37. The molecule has 0 N–H and O–H groups in total. The highest BCUT2D eigenvalue weighted by Crippen LogP contribution is 2.43. The van der Waals surface area contributed by atoms with Gasteiger partial charge in [-0.3, -0.25) is 4.98 Å². The van der Waals surface area contributed by atoms with Crippen molar-refractivity contribution in [3.8, 4) is 5.75 Å². The van der Waals surface area contributed by atoms with Gasteiger partial charge in [-0.15, -0.1) is 10.2 Å². The summed E-state index contributed by atoms with van der Waals surface area (Å²) in [5.74, 6) is 1.38. The van der Waals surface area contributed by atoms with Crippen LogP contribution < -0.4 is 9.64 Å². The third kappa shape index (κ3) is 2.90. The van der Waals surface area contributed by atoms with Crippen LogP contribution in [0.2, 0.25) is 0 Å². The Kier molecular flexibility index (Phi) is 3.90. The van der Waals surface area contributed by atoms with E-state index in [-0.39, 0.29) is 5.60 Å². The van der Waals surface area contributed by atoms with Gasteiger partial charge in [0.1, 0.15) is 16.4 Å². The van der Waals surface area contributed by atoms with Crippen molar-refractivity contribution in [2.45, 2.75) is 25.4 Å². The molecule has 2 aromatic heterocycles. The molecule has 6 nitrogen and oxygen atoms in total. The molecule has 1 atom stereocenters. The lowest BCUT2D eigenvalue weighted by molar-refractivity contribution is -0.0475. The monoisotopic (exact) mass is 332 g/mol. The molecule has 0 amide bonds. The van der Waals surface area contributed by atoms with Crippen LogP contribution in [0.5, 0.6) is 5.75 Å². The summed E-state index contributed by atoms with van der Waals surface area (Å²) in [5.41, 5.74) is -0.0160. The molecule has 23 heavy (non-hydrogen) atoms. The van der Waals surface area contributed by atoms with E-state index in [2.05, 4.69) is 20.1 Å². The van der Waals surface area contributed by atoms with Gasteiger partial charge in [0.05, 0.1) is 25.9 Å². The maximum Gasteiger partial charge on any atom is 0.208 e. The smallest absolute Gasteiger partial charge is 0.208 e. The number of nitrogens with zero attached hydrogens (tertiary/aromatic N) is 4. The molecule has 7 heteroatoms. The van der Waals surface area contributed by atoms with E-state index in [1.165, 1.54) is 0 Å². The SMILES string of the molecule is Cc1nnc(N2CC3(C2)OCCC3CCOc2cccnc2)s1. The minimum Gasteiger partial charge on any atom is -0.492 e. The zero-order valence-corrected chi connectivity index (χ0v) is 14.0. The first-order valence-corrected chi connectivity index (χ1v) is 8.79. The lowest BCUT2D eigenvalue weighted by Crippen LogP contribution is -2.65. The average Bonchev–Trinajstić information content (AvgIpc) is 3.13. The van der Waals surface area contributed by atoms with Gasteiger partial charge >= 0.3 is 0 Å². The second kappa shape index (κ2) is 6.05. The molecule has 0 aliphatic carbocycles. The molecule has 4 rings (SSSR count). The largest absolute Gasteiger partial charge is 0.492 e. The number of hydrogen-bond donors (Lipinski definition) is 0. The van der Waals surface area contributed by atoms with Crippen LogP contribution in [-0.2, 0) is 4.74 Å². The first-order chi connectivity index (χ1) is 11.3. The highest BCUT2D eigenvalue weighted by molar-refractivity contribution is 7.15. The van der Waals surface area contributed by atoms with Crippen molar-refractivity contribution in [1.29, 1.82) is 0 Å². The van der Waals surface area contributed by atoms with Gasteiger partial charge in [-0.1, -0.05) is 11.3 Å². The van der Waals surface area contributed by atoms with Crippen LogP contribution in [0.1, 0.15) is 17.8 Å². The number of ether oxygens (including phenoxy) is 2. The molecule has 122 valence electrons. The fraction of sp³-hybridized carbons (Fsp3) is 0.562. The van der Waals surface area contributed by atoms with Gasteiger partial charge in [0.2, 0.25) is 5.13 Å². The second-order valence-corrected chi connectivity index (χ2v) is 7.34. The van der Waals surface area contributed by atoms with E-state index in [0.717, 1.165) is 48.4 Å². The van der Waals surface area contributed by atoms with Crippen LogP contribution in [0, 0.1) is 12.8 Å². The van der Waals surface area contributed by atoms with Crippen LogP contribution >= 0.6 is 11.3 Å². The Morgan fingerprint density at radius 2 is 2.35 bits per heavy atom. The first kappa shape index (κ1) is 14.8. The van der Waals surface area contributed by atoms with E-state index in [9.17, 15) is 0 Å². The molecule has 0 saturated carbocycles. The van der Waals surface area contributed by atoms with E-state index in [1.54, 1.807) is 23.7 Å². The van der Waals surface area contributed by atoms with Crippen LogP contribution in [0.15, 0.2) is 24.5 Å². The maximum absolute atomic E-state index is 6.10. The molecular weight excluding hydrogens is 312 g/mol. The maximum atomic E-state index is 6.10. The van der Waals surface area contributed by atoms with Crippen molar-refractivity contribution in [3.63, 3.8) is 0 Å². The standard InChI is InChI=1S/C16H20N4O2S/c1-12-18-19-15(23-12)20-10-16(11-20)13(5-8-22-16)4-7-21-14-3-2-6-17-9-14/h2-3,6,9,13H,4-5,7-8,10-11H2,1H3. The average molecular weight is 332 g/mol. The van der Waals surface area contributed by atoms with Crippen molar-refractivity contribution in [1.82, 2.24) is 15.2 Å². The van der Waals surface area contributed by atoms with Gasteiger partial charge in [-0.25, -0.2) is 0 Å². The summed E-state index contributed by atoms with van der Waals surface area (Å²) < 4.78 is 11.9. The molecule has 2 fully saturated rings. The molecule has 2 aromatic rings. The minimum atomic E-state index is -0.0160. The van der Waals surface area contributed by atoms with Gasteiger partial charge in [-0.05, 0) is 37.8 Å². The molecule has 0 radical (unpaired) electrons. The third-order valence-electron chi connectivity index (χ3n) is 4.67. The Morgan fingerprint density at radius 3 is 3.09 bits per heavy atom. The number of rotatable bonds is 5. The number of aryl methyl sites for hydroxylation is 1. The molecule has 0 bridgehead atoms.